The van der Waals surface area contributed by atoms with E-state index in [2.05, 4.69) is 5.32 Å². The average Bonchev–Trinajstić information content (AvgIpc) is 2.51. The Kier molecular flexibility index (Phi) is 6.09. The molecule has 6 heteroatoms. The normalized spacial score (nSPS) is 12.4. The van der Waals surface area contributed by atoms with Crippen molar-refractivity contribution >= 4 is 35.1 Å². The summed E-state index contributed by atoms with van der Waals surface area (Å²) in [5.74, 6) is -0.296. The largest absolute Gasteiger partial charge is 0.444 e. The minimum Gasteiger partial charge on any atom is -0.444 e. The first-order chi connectivity index (χ1) is 11.7. The van der Waals surface area contributed by atoms with Crippen LogP contribution < -0.4 is 5.32 Å². The van der Waals surface area contributed by atoms with E-state index in [0.29, 0.717) is 21.2 Å². The number of amides is 1. The van der Waals surface area contributed by atoms with Gasteiger partial charge in [0.05, 0.1) is 0 Å². The molecule has 0 fully saturated rings. The van der Waals surface area contributed by atoms with E-state index in [1.165, 1.54) is 0 Å². The Hall–Kier alpha value is -2.04. The molecule has 0 spiro atoms. The summed E-state index contributed by atoms with van der Waals surface area (Å²) in [4.78, 5) is 25.1. The lowest BCUT2D eigenvalue weighted by Crippen LogP contribution is -2.38. The molecule has 0 aliphatic rings. The summed E-state index contributed by atoms with van der Waals surface area (Å²) in [6.45, 7) is 5.26. The van der Waals surface area contributed by atoms with Crippen LogP contribution in [0.4, 0.5) is 4.79 Å². The van der Waals surface area contributed by atoms with Crippen molar-refractivity contribution in [1.29, 1.82) is 0 Å². The zero-order valence-corrected chi connectivity index (χ0v) is 15.7. The molecule has 0 radical (unpaired) electrons. The van der Waals surface area contributed by atoms with Crippen LogP contribution in [-0.4, -0.2) is 17.5 Å². The van der Waals surface area contributed by atoms with E-state index in [0.717, 1.165) is 0 Å². The summed E-state index contributed by atoms with van der Waals surface area (Å²) in [5.41, 5.74) is 0.317. The van der Waals surface area contributed by atoms with E-state index in [9.17, 15) is 9.59 Å². The van der Waals surface area contributed by atoms with Gasteiger partial charge in [0.1, 0.15) is 11.6 Å². The first kappa shape index (κ1) is 19.3. The third kappa shape index (κ3) is 5.76. The highest BCUT2D eigenvalue weighted by molar-refractivity contribution is 6.31. The number of carbonyl (C=O) groups excluding carboxylic acids is 2. The molecule has 132 valence electrons. The second kappa shape index (κ2) is 7.89. The summed E-state index contributed by atoms with van der Waals surface area (Å²) < 4.78 is 5.27. The zero-order valence-electron chi connectivity index (χ0n) is 14.2. The molecular weight excluding hydrogens is 361 g/mol. The van der Waals surface area contributed by atoms with Crippen LogP contribution in [0.3, 0.4) is 0 Å². The van der Waals surface area contributed by atoms with Gasteiger partial charge in [-0.2, -0.15) is 0 Å². The van der Waals surface area contributed by atoms with Gasteiger partial charge in [0.2, 0.25) is 0 Å². The molecule has 4 nitrogen and oxygen atoms in total. The van der Waals surface area contributed by atoms with E-state index in [1.807, 2.05) is 0 Å². The summed E-state index contributed by atoms with van der Waals surface area (Å²) in [7, 11) is 0. The van der Waals surface area contributed by atoms with Gasteiger partial charge in [-0.3, -0.25) is 4.79 Å². The standard InChI is InChI=1S/C19H19Cl2NO3/c1-19(2,3)25-18(24)22-16(12-7-9-14(20)10-8-12)17(23)13-5-4-6-15(21)11-13/h4-11,16H,1-3H3,(H,22,24)/t16-/m1/s1. The zero-order chi connectivity index (χ0) is 18.6. The van der Waals surface area contributed by atoms with Gasteiger partial charge >= 0.3 is 6.09 Å². The Morgan fingerprint density at radius 2 is 1.64 bits per heavy atom. The Balaban J connectivity index is 2.33. The quantitative estimate of drug-likeness (QED) is 0.719. The fraction of sp³-hybridized carbons (Fsp3) is 0.263. The molecule has 2 aromatic carbocycles. The molecule has 1 amide bonds. The first-order valence-corrected chi connectivity index (χ1v) is 8.46. The van der Waals surface area contributed by atoms with Gasteiger partial charge < -0.3 is 10.1 Å². The summed E-state index contributed by atoms with van der Waals surface area (Å²) in [6, 6.07) is 12.3. The van der Waals surface area contributed by atoms with Crippen LogP contribution in [0.1, 0.15) is 42.7 Å². The van der Waals surface area contributed by atoms with Crippen molar-refractivity contribution in [3.8, 4) is 0 Å². The average molecular weight is 380 g/mol. The van der Waals surface area contributed by atoms with Crippen molar-refractivity contribution in [1.82, 2.24) is 5.32 Å². The highest BCUT2D eigenvalue weighted by Crippen LogP contribution is 2.23. The molecule has 0 aliphatic heterocycles. The van der Waals surface area contributed by atoms with Crippen LogP contribution in [0.2, 0.25) is 10.0 Å². The van der Waals surface area contributed by atoms with E-state index in [1.54, 1.807) is 69.3 Å². The number of hydrogen-bond acceptors (Lipinski definition) is 3. The molecule has 2 aromatic rings. The number of hydrogen-bond donors (Lipinski definition) is 1. The smallest absolute Gasteiger partial charge is 0.408 e. The van der Waals surface area contributed by atoms with Crippen molar-refractivity contribution in [3.63, 3.8) is 0 Å². The molecule has 1 atom stereocenters. The van der Waals surface area contributed by atoms with E-state index < -0.39 is 17.7 Å². The molecule has 2 rings (SSSR count). The Morgan fingerprint density at radius 3 is 2.20 bits per heavy atom. The number of ketones is 1. The maximum Gasteiger partial charge on any atom is 0.408 e. The molecule has 0 heterocycles. The van der Waals surface area contributed by atoms with E-state index in [4.69, 9.17) is 27.9 Å². The Bertz CT molecular complexity index is 767. The maximum absolute atomic E-state index is 12.9. The topological polar surface area (TPSA) is 55.4 Å². The number of ether oxygens (including phenoxy) is 1. The van der Waals surface area contributed by atoms with E-state index in [-0.39, 0.29) is 5.78 Å². The van der Waals surface area contributed by atoms with Gasteiger partial charge in [-0.25, -0.2) is 4.79 Å². The predicted molar refractivity (Wildman–Crippen MR) is 99.3 cm³/mol. The minimum absolute atomic E-state index is 0.296. The van der Waals surface area contributed by atoms with Crippen molar-refractivity contribution in [2.24, 2.45) is 0 Å². The predicted octanol–water partition coefficient (Wildman–Crippen LogP) is 5.44. The lowest BCUT2D eigenvalue weighted by Gasteiger charge is -2.23. The number of halogens is 2. The van der Waals surface area contributed by atoms with Crippen molar-refractivity contribution in [3.05, 3.63) is 69.7 Å². The van der Waals surface area contributed by atoms with Gasteiger partial charge in [-0.15, -0.1) is 0 Å². The third-order valence-corrected chi connectivity index (χ3v) is 3.72. The summed E-state index contributed by atoms with van der Waals surface area (Å²) >= 11 is 11.9. The SMILES string of the molecule is CC(C)(C)OC(=O)N[C@@H](C(=O)c1cccc(Cl)c1)c1ccc(Cl)cc1. The van der Waals surface area contributed by atoms with Crippen LogP contribution in [0.15, 0.2) is 48.5 Å². The summed E-state index contributed by atoms with van der Waals surface area (Å²) in [5, 5.41) is 3.61. The Labute approximate surface area is 157 Å². The number of benzene rings is 2. The lowest BCUT2D eigenvalue weighted by molar-refractivity contribution is 0.0491. The molecule has 25 heavy (non-hydrogen) atoms. The Morgan fingerprint density at radius 1 is 1.00 bits per heavy atom. The number of Topliss-reactive ketones (excluding diaryl/α,β-unsaturated/α-hetero) is 1. The molecule has 0 bridgehead atoms. The van der Waals surface area contributed by atoms with Gasteiger partial charge in [-0.1, -0.05) is 47.5 Å². The van der Waals surface area contributed by atoms with Gasteiger partial charge in [0, 0.05) is 15.6 Å². The van der Waals surface area contributed by atoms with Gasteiger partial charge in [0.25, 0.3) is 0 Å². The number of alkyl carbamates (subject to hydrolysis) is 1. The number of carbonyl (C=O) groups is 2. The molecule has 0 unspecified atom stereocenters. The van der Waals surface area contributed by atoms with Crippen LogP contribution >= 0.6 is 23.2 Å². The van der Waals surface area contributed by atoms with E-state index >= 15 is 0 Å². The summed E-state index contributed by atoms with van der Waals surface area (Å²) in [6.07, 6.45) is -0.678. The molecule has 1 N–H and O–H groups in total. The second-order valence-corrected chi connectivity index (χ2v) is 7.38. The molecule has 0 aromatic heterocycles. The number of rotatable bonds is 4. The van der Waals surface area contributed by atoms with Crippen LogP contribution in [-0.2, 0) is 4.74 Å². The van der Waals surface area contributed by atoms with Gasteiger partial charge in [0.15, 0.2) is 5.78 Å². The lowest BCUT2D eigenvalue weighted by atomic mass is 9.97. The fourth-order valence-electron chi connectivity index (χ4n) is 2.19. The number of nitrogens with one attached hydrogen (secondary N) is 1. The highest BCUT2D eigenvalue weighted by atomic mass is 35.5. The third-order valence-electron chi connectivity index (χ3n) is 3.24. The van der Waals surface area contributed by atoms with Crippen molar-refractivity contribution < 1.29 is 14.3 Å². The molecular formula is C19H19Cl2NO3. The van der Waals surface area contributed by atoms with Crippen LogP contribution in [0.5, 0.6) is 0 Å². The minimum atomic E-state index is -0.911. The molecule has 0 saturated carbocycles. The highest BCUT2D eigenvalue weighted by Gasteiger charge is 2.26. The van der Waals surface area contributed by atoms with Gasteiger partial charge in [-0.05, 0) is 50.6 Å². The first-order valence-electron chi connectivity index (χ1n) is 7.70. The molecule has 0 saturated heterocycles. The fourth-order valence-corrected chi connectivity index (χ4v) is 2.51. The van der Waals surface area contributed by atoms with Crippen molar-refractivity contribution in [2.45, 2.75) is 32.4 Å². The molecule has 0 aliphatic carbocycles. The second-order valence-electron chi connectivity index (χ2n) is 6.51. The van der Waals surface area contributed by atoms with Crippen molar-refractivity contribution in [2.75, 3.05) is 0 Å². The van der Waals surface area contributed by atoms with Crippen LogP contribution in [0, 0.1) is 0 Å². The monoisotopic (exact) mass is 379 g/mol. The van der Waals surface area contributed by atoms with Crippen LogP contribution in [0.25, 0.3) is 0 Å². The maximum atomic E-state index is 12.9.